The number of hydrogen-bond acceptors (Lipinski definition) is 5. The molecule has 2 aromatic carbocycles. The molecule has 2 heterocycles. The molecule has 2 aromatic heterocycles. The van der Waals surface area contributed by atoms with Crippen molar-refractivity contribution in [3.63, 3.8) is 0 Å². The average molecular weight is 472 g/mol. The summed E-state index contributed by atoms with van der Waals surface area (Å²) >= 11 is 13.6. The van der Waals surface area contributed by atoms with Gasteiger partial charge in [0.2, 0.25) is 0 Å². The number of pyridine rings is 1. The van der Waals surface area contributed by atoms with Gasteiger partial charge in [-0.2, -0.15) is 0 Å². The summed E-state index contributed by atoms with van der Waals surface area (Å²) in [6.07, 6.45) is 1.70. The van der Waals surface area contributed by atoms with E-state index in [9.17, 15) is 4.79 Å². The summed E-state index contributed by atoms with van der Waals surface area (Å²) in [5, 5.41) is 1.45. The van der Waals surface area contributed by atoms with Crippen molar-refractivity contribution in [3.8, 4) is 5.75 Å². The van der Waals surface area contributed by atoms with Gasteiger partial charge in [-0.15, -0.1) is 0 Å². The van der Waals surface area contributed by atoms with Gasteiger partial charge in [-0.1, -0.05) is 46.7 Å². The molecule has 0 radical (unpaired) electrons. The van der Waals surface area contributed by atoms with Crippen LogP contribution in [-0.4, -0.2) is 22.5 Å². The Hall–Kier alpha value is -2.67. The third-order valence-corrected chi connectivity index (χ3v) is 6.39. The third kappa shape index (κ3) is 4.98. The Labute approximate surface area is 194 Å². The van der Waals surface area contributed by atoms with E-state index in [0.29, 0.717) is 20.9 Å². The largest absolute Gasteiger partial charge is 0.482 e. The predicted octanol–water partition coefficient (Wildman–Crippen LogP) is 6.23. The number of nitrogens with zero attached hydrogens (tertiary/aromatic N) is 3. The van der Waals surface area contributed by atoms with Crippen molar-refractivity contribution in [2.45, 2.75) is 20.4 Å². The second-order valence-corrected chi connectivity index (χ2v) is 8.91. The summed E-state index contributed by atoms with van der Waals surface area (Å²) in [5.41, 5.74) is 3.89. The molecular weight excluding hydrogens is 453 g/mol. The first kappa shape index (κ1) is 21.6. The molecule has 0 spiro atoms. The summed E-state index contributed by atoms with van der Waals surface area (Å²) in [7, 11) is 0. The summed E-state index contributed by atoms with van der Waals surface area (Å²) in [6, 6.07) is 14.6. The number of anilines is 1. The number of thiazole rings is 1. The van der Waals surface area contributed by atoms with Gasteiger partial charge in [-0.05, 0) is 61.4 Å². The predicted molar refractivity (Wildman–Crippen MR) is 126 cm³/mol. The van der Waals surface area contributed by atoms with Crippen LogP contribution in [0, 0.1) is 13.8 Å². The fourth-order valence-electron chi connectivity index (χ4n) is 3.21. The quantitative estimate of drug-likeness (QED) is 0.334. The molecule has 0 aliphatic carbocycles. The van der Waals surface area contributed by atoms with Gasteiger partial charge in [0.15, 0.2) is 11.7 Å². The van der Waals surface area contributed by atoms with Gasteiger partial charge in [0.05, 0.1) is 27.5 Å². The topological polar surface area (TPSA) is 55.3 Å². The van der Waals surface area contributed by atoms with E-state index < -0.39 is 0 Å². The molecule has 0 atom stereocenters. The maximum Gasteiger partial charge on any atom is 0.267 e. The number of aryl methyl sites for hydroxylation is 2. The molecule has 31 heavy (non-hydrogen) atoms. The van der Waals surface area contributed by atoms with Crippen LogP contribution in [0.15, 0.2) is 54.7 Å². The Morgan fingerprint density at radius 2 is 1.97 bits per heavy atom. The number of halogens is 2. The average Bonchev–Trinajstić information content (AvgIpc) is 3.16. The van der Waals surface area contributed by atoms with E-state index in [1.54, 1.807) is 29.3 Å². The van der Waals surface area contributed by atoms with Crippen LogP contribution in [0.4, 0.5) is 5.13 Å². The Morgan fingerprint density at radius 1 is 1.13 bits per heavy atom. The van der Waals surface area contributed by atoms with Gasteiger partial charge in [-0.3, -0.25) is 14.7 Å². The molecule has 0 aliphatic heterocycles. The van der Waals surface area contributed by atoms with E-state index in [2.05, 4.69) is 11.1 Å². The molecule has 5 nitrogen and oxygen atoms in total. The Bertz CT molecular complexity index is 1240. The van der Waals surface area contributed by atoms with Gasteiger partial charge < -0.3 is 4.74 Å². The minimum Gasteiger partial charge on any atom is -0.482 e. The second-order valence-electron chi connectivity index (χ2n) is 7.09. The van der Waals surface area contributed by atoms with Gasteiger partial charge in [-0.25, -0.2) is 4.98 Å². The summed E-state index contributed by atoms with van der Waals surface area (Å²) in [5.74, 6) is 0.151. The summed E-state index contributed by atoms with van der Waals surface area (Å²) in [4.78, 5) is 23.9. The van der Waals surface area contributed by atoms with Gasteiger partial charge in [0, 0.05) is 11.2 Å². The number of amides is 1. The van der Waals surface area contributed by atoms with Crippen molar-refractivity contribution >= 4 is 55.8 Å². The Kier molecular flexibility index (Phi) is 6.41. The van der Waals surface area contributed by atoms with E-state index in [4.69, 9.17) is 32.9 Å². The van der Waals surface area contributed by atoms with E-state index >= 15 is 0 Å². The van der Waals surface area contributed by atoms with Crippen molar-refractivity contribution in [2.75, 3.05) is 11.5 Å². The summed E-state index contributed by atoms with van der Waals surface area (Å²) < 4.78 is 6.74. The SMILES string of the molecule is Cc1cc(C)c2sc(N(Cc3ccccn3)C(=O)COc3ccc(Cl)cc3Cl)nc2c1. The maximum atomic E-state index is 13.2. The van der Waals surface area contributed by atoms with Crippen molar-refractivity contribution in [1.82, 2.24) is 9.97 Å². The number of rotatable bonds is 6. The van der Waals surface area contributed by atoms with Gasteiger partial charge in [0.25, 0.3) is 5.91 Å². The molecule has 0 bridgehead atoms. The maximum absolute atomic E-state index is 13.2. The highest BCUT2D eigenvalue weighted by atomic mass is 35.5. The number of aromatic nitrogens is 2. The Balaban J connectivity index is 1.64. The standard InChI is InChI=1S/C23H19Cl2N3O2S/c1-14-9-15(2)22-19(10-14)27-23(31-22)28(12-17-5-3-4-8-26-17)21(29)13-30-20-7-6-16(24)11-18(20)25/h3-11H,12-13H2,1-2H3. The lowest BCUT2D eigenvalue weighted by molar-refractivity contribution is -0.120. The molecule has 4 rings (SSSR count). The number of ether oxygens (including phenoxy) is 1. The smallest absolute Gasteiger partial charge is 0.267 e. The number of fused-ring (bicyclic) bond motifs is 1. The van der Waals surface area contributed by atoms with Crippen molar-refractivity contribution in [1.29, 1.82) is 0 Å². The molecule has 0 N–H and O–H groups in total. The molecule has 0 saturated heterocycles. The molecule has 1 amide bonds. The zero-order valence-electron chi connectivity index (χ0n) is 16.9. The van der Waals surface area contributed by atoms with E-state index in [0.717, 1.165) is 27.0 Å². The van der Waals surface area contributed by atoms with Crippen LogP contribution in [0.2, 0.25) is 10.0 Å². The van der Waals surface area contributed by atoms with E-state index in [1.165, 1.54) is 11.3 Å². The zero-order valence-corrected chi connectivity index (χ0v) is 19.3. The number of carbonyl (C=O) groups excluding carboxylic acids is 1. The van der Waals surface area contributed by atoms with Gasteiger partial charge >= 0.3 is 0 Å². The number of benzene rings is 2. The first-order valence-electron chi connectivity index (χ1n) is 9.56. The third-order valence-electron chi connectivity index (χ3n) is 4.63. The van der Waals surface area contributed by atoms with Crippen LogP contribution in [0.25, 0.3) is 10.2 Å². The lowest BCUT2D eigenvalue weighted by atomic mass is 10.1. The molecule has 158 valence electrons. The molecule has 8 heteroatoms. The molecule has 0 saturated carbocycles. The lowest BCUT2D eigenvalue weighted by Crippen LogP contribution is -2.34. The number of hydrogen-bond donors (Lipinski definition) is 0. The van der Waals surface area contributed by atoms with Crippen molar-refractivity contribution in [2.24, 2.45) is 0 Å². The molecule has 4 aromatic rings. The van der Waals surface area contributed by atoms with Gasteiger partial charge in [0.1, 0.15) is 5.75 Å². The molecule has 0 fully saturated rings. The first-order chi connectivity index (χ1) is 14.9. The lowest BCUT2D eigenvalue weighted by Gasteiger charge is -2.20. The number of carbonyl (C=O) groups is 1. The van der Waals surface area contributed by atoms with Crippen LogP contribution in [0.3, 0.4) is 0 Å². The molecular formula is C23H19Cl2N3O2S. The highest BCUT2D eigenvalue weighted by Gasteiger charge is 2.22. The van der Waals surface area contributed by atoms with Crippen molar-refractivity contribution in [3.05, 3.63) is 81.6 Å². The van der Waals surface area contributed by atoms with Crippen LogP contribution in [0.5, 0.6) is 5.75 Å². The fourth-order valence-corrected chi connectivity index (χ4v) is 4.70. The monoisotopic (exact) mass is 471 g/mol. The minimum absolute atomic E-state index is 0.192. The van der Waals surface area contributed by atoms with Crippen molar-refractivity contribution < 1.29 is 9.53 Å². The Morgan fingerprint density at radius 3 is 2.71 bits per heavy atom. The van der Waals surface area contributed by atoms with Crippen LogP contribution in [0.1, 0.15) is 16.8 Å². The van der Waals surface area contributed by atoms with E-state index in [1.807, 2.05) is 38.1 Å². The molecule has 0 unspecified atom stereocenters. The second kappa shape index (κ2) is 9.22. The van der Waals surface area contributed by atoms with Crippen LogP contribution in [-0.2, 0) is 11.3 Å². The molecule has 0 aliphatic rings. The summed E-state index contributed by atoms with van der Waals surface area (Å²) in [6.45, 7) is 4.18. The normalized spacial score (nSPS) is 11.0. The van der Waals surface area contributed by atoms with Crippen LogP contribution >= 0.6 is 34.5 Å². The fraction of sp³-hybridized carbons (Fsp3) is 0.174. The first-order valence-corrected chi connectivity index (χ1v) is 11.1. The highest BCUT2D eigenvalue weighted by Crippen LogP contribution is 2.33. The van der Waals surface area contributed by atoms with E-state index in [-0.39, 0.29) is 19.1 Å². The minimum atomic E-state index is -0.245. The highest BCUT2D eigenvalue weighted by molar-refractivity contribution is 7.22. The van der Waals surface area contributed by atoms with Crippen LogP contribution < -0.4 is 9.64 Å². The zero-order chi connectivity index (χ0) is 22.0.